The number of rotatable bonds is 0. The molecular weight excluding hydrogens is 170 g/mol. The van der Waals surface area contributed by atoms with Crippen LogP contribution in [0.1, 0.15) is 11.1 Å². The largest absolute Gasteiger partial charge is 0.213 e. The molecule has 0 fully saturated rings. The van der Waals surface area contributed by atoms with Crippen LogP contribution in [0.2, 0.25) is 0 Å². The molecule has 1 aliphatic rings. The second-order valence-electron chi connectivity index (χ2n) is 3.81. The molecule has 0 spiro atoms. The lowest BCUT2D eigenvalue weighted by atomic mass is 10.0. The van der Waals surface area contributed by atoms with Crippen LogP contribution in [0.3, 0.4) is 0 Å². The lowest BCUT2D eigenvalue weighted by molar-refractivity contribution is -0.672. The molecular formula is C13H12N+. The number of benzene rings is 1. The van der Waals surface area contributed by atoms with E-state index < -0.39 is 0 Å². The van der Waals surface area contributed by atoms with E-state index in [-0.39, 0.29) is 0 Å². The highest BCUT2D eigenvalue weighted by atomic mass is 15.0. The predicted molar refractivity (Wildman–Crippen MR) is 55.9 cm³/mol. The number of hydrogen-bond acceptors (Lipinski definition) is 0. The van der Waals surface area contributed by atoms with Gasteiger partial charge in [0.2, 0.25) is 5.69 Å². The maximum absolute atomic E-state index is 2.30. The van der Waals surface area contributed by atoms with E-state index in [1.165, 1.54) is 22.4 Å². The fraction of sp³-hybridized carbons (Fsp3) is 0.154. The Labute approximate surface area is 83.6 Å². The molecule has 14 heavy (non-hydrogen) atoms. The van der Waals surface area contributed by atoms with Crippen LogP contribution in [0, 0.1) is 6.92 Å². The SMILES string of the molecule is Cc1cccc2c1C[n+]1ccccc1-2. The van der Waals surface area contributed by atoms with Crippen molar-refractivity contribution in [2.75, 3.05) is 0 Å². The number of aryl methyl sites for hydroxylation is 1. The second kappa shape index (κ2) is 2.68. The molecule has 1 aromatic carbocycles. The molecule has 2 heterocycles. The van der Waals surface area contributed by atoms with Crippen molar-refractivity contribution in [3.05, 3.63) is 53.7 Å². The van der Waals surface area contributed by atoms with Gasteiger partial charge in [-0.05, 0) is 24.6 Å². The smallest absolute Gasteiger partial charge is 0.194 e. The molecule has 0 saturated heterocycles. The zero-order valence-corrected chi connectivity index (χ0v) is 8.20. The van der Waals surface area contributed by atoms with Gasteiger partial charge in [-0.2, -0.15) is 4.57 Å². The van der Waals surface area contributed by atoms with E-state index in [4.69, 9.17) is 0 Å². The molecule has 0 unspecified atom stereocenters. The summed E-state index contributed by atoms with van der Waals surface area (Å²) >= 11 is 0. The van der Waals surface area contributed by atoms with Gasteiger partial charge in [-0.1, -0.05) is 12.1 Å². The van der Waals surface area contributed by atoms with Crippen molar-refractivity contribution in [2.45, 2.75) is 13.5 Å². The van der Waals surface area contributed by atoms with E-state index in [9.17, 15) is 0 Å². The minimum atomic E-state index is 1.03. The first-order valence-corrected chi connectivity index (χ1v) is 4.93. The lowest BCUT2D eigenvalue weighted by Crippen LogP contribution is -2.31. The Bertz CT molecular complexity index is 500. The summed E-state index contributed by atoms with van der Waals surface area (Å²) in [4.78, 5) is 0. The molecule has 0 aliphatic carbocycles. The monoisotopic (exact) mass is 182 g/mol. The quantitative estimate of drug-likeness (QED) is 0.470. The summed E-state index contributed by atoms with van der Waals surface area (Å²) in [5.41, 5.74) is 5.60. The highest BCUT2D eigenvalue weighted by Gasteiger charge is 2.25. The molecule has 3 rings (SSSR count). The number of aromatic nitrogens is 1. The van der Waals surface area contributed by atoms with Crippen LogP contribution >= 0.6 is 0 Å². The maximum Gasteiger partial charge on any atom is 0.213 e. The van der Waals surface area contributed by atoms with Crippen LogP contribution in [0.4, 0.5) is 0 Å². The molecule has 1 nitrogen and oxygen atoms in total. The van der Waals surface area contributed by atoms with Gasteiger partial charge in [0.25, 0.3) is 0 Å². The fourth-order valence-electron chi connectivity index (χ4n) is 2.18. The molecule has 2 aromatic rings. The van der Waals surface area contributed by atoms with Gasteiger partial charge in [-0.3, -0.25) is 0 Å². The van der Waals surface area contributed by atoms with Gasteiger partial charge < -0.3 is 0 Å². The van der Waals surface area contributed by atoms with E-state index in [0.29, 0.717) is 0 Å². The summed E-state index contributed by atoms with van der Waals surface area (Å²) in [6, 6.07) is 12.9. The van der Waals surface area contributed by atoms with Gasteiger partial charge >= 0.3 is 0 Å². The molecule has 1 heteroatoms. The third-order valence-electron chi connectivity index (χ3n) is 2.96. The Morgan fingerprint density at radius 1 is 1.07 bits per heavy atom. The Kier molecular flexibility index (Phi) is 1.48. The molecule has 0 bridgehead atoms. The highest BCUT2D eigenvalue weighted by molar-refractivity contribution is 5.64. The molecule has 1 aromatic heterocycles. The average molecular weight is 182 g/mol. The molecule has 0 radical (unpaired) electrons. The summed E-state index contributed by atoms with van der Waals surface area (Å²) in [7, 11) is 0. The molecule has 0 saturated carbocycles. The van der Waals surface area contributed by atoms with Crippen LogP contribution < -0.4 is 4.57 Å². The Balaban J connectivity index is 2.33. The van der Waals surface area contributed by atoms with Crippen LogP contribution in [-0.2, 0) is 6.54 Å². The third kappa shape index (κ3) is 0.925. The molecule has 0 N–H and O–H groups in total. The van der Waals surface area contributed by atoms with Crippen molar-refractivity contribution in [2.24, 2.45) is 0 Å². The van der Waals surface area contributed by atoms with Gasteiger partial charge in [-0.15, -0.1) is 0 Å². The summed E-state index contributed by atoms with van der Waals surface area (Å²) in [5.74, 6) is 0. The maximum atomic E-state index is 2.30. The summed E-state index contributed by atoms with van der Waals surface area (Å²) in [6.07, 6.45) is 2.15. The van der Waals surface area contributed by atoms with Crippen molar-refractivity contribution in [1.29, 1.82) is 0 Å². The van der Waals surface area contributed by atoms with Crippen molar-refractivity contribution in [1.82, 2.24) is 0 Å². The van der Waals surface area contributed by atoms with E-state index in [1.54, 1.807) is 0 Å². The number of hydrogen-bond donors (Lipinski definition) is 0. The lowest BCUT2D eigenvalue weighted by Gasteiger charge is -1.96. The van der Waals surface area contributed by atoms with Crippen molar-refractivity contribution in [3.8, 4) is 11.3 Å². The standard InChI is InChI=1S/C13H12N/c1-10-5-4-6-11-12(10)9-14-8-3-2-7-13(11)14/h2-8H,9H2,1H3/q+1. The van der Waals surface area contributed by atoms with E-state index in [1.807, 2.05) is 0 Å². The summed E-state index contributed by atoms with van der Waals surface area (Å²) in [5, 5.41) is 0. The Morgan fingerprint density at radius 2 is 2.00 bits per heavy atom. The van der Waals surface area contributed by atoms with Crippen molar-refractivity contribution >= 4 is 0 Å². The van der Waals surface area contributed by atoms with Gasteiger partial charge in [0.05, 0.1) is 5.56 Å². The van der Waals surface area contributed by atoms with Crippen LogP contribution in [-0.4, -0.2) is 0 Å². The topological polar surface area (TPSA) is 3.88 Å². The first-order valence-electron chi connectivity index (χ1n) is 4.93. The van der Waals surface area contributed by atoms with Crippen LogP contribution in [0.5, 0.6) is 0 Å². The normalized spacial score (nSPS) is 12.4. The van der Waals surface area contributed by atoms with Crippen molar-refractivity contribution < 1.29 is 4.57 Å². The minimum Gasteiger partial charge on any atom is -0.194 e. The third-order valence-corrected chi connectivity index (χ3v) is 2.96. The number of pyridine rings is 1. The summed E-state index contributed by atoms with van der Waals surface area (Å²) < 4.78 is 2.30. The van der Waals surface area contributed by atoms with Crippen molar-refractivity contribution in [3.63, 3.8) is 0 Å². The van der Waals surface area contributed by atoms with E-state index >= 15 is 0 Å². The van der Waals surface area contributed by atoms with Crippen LogP contribution in [0.15, 0.2) is 42.6 Å². The van der Waals surface area contributed by atoms with Gasteiger partial charge in [0.1, 0.15) is 0 Å². The van der Waals surface area contributed by atoms with E-state index in [0.717, 1.165) is 6.54 Å². The second-order valence-corrected chi connectivity index (χ2v) is 3.81. The predicted octanol–water partition coefficient (Wildman–Crippen LogP) is 2.31. The minimum absolute atomic E-state index is 1.03. The van der Waals surface area contributed by atoms with Crippen LogP contribution in [0.25, 0.3) is 11.3 Å². The summed E-state index contributed by atoms with van der Waals surface area (Å²) in [6.45, 7) is 3.21. The molecule has 1 aliphatic heterocycles. The molecule has 68 valence electrons. The first-order chi connectivity index (χ1) is 6.86. The van der Waals surface area contributed by atoms with E-state index in [2.05, 4.69) is 54.1 Å². The van der Waals surface area contributed by atoms with Gasteiger partial charge in [0.15, 0.2) is 12.7 Å². The Morgan fingerprint density at radius 3 is 2.93 bits per heavy atom. The number of nitrogens with zero attached hydrogens (tertiary/aromatic N) is 1. The number of fused-ring (bicyclic) bond motifs is 3. The van der Waals surface area contributed by atoms with Gasteiger partial charge in [-0.25, -0.2) is 0 Å². The van der Waals surface area contributed by atoms with Gasteiger partial charge in [0, 0.05) is 17.7 Å². The average Bonchev–Trinajstić information content (AvgIpc) is 2.59. The molecule has 0 amide bonds. The highest BCUT2D eigenvalue weighted by Crippen LogP contribution is 2.27. The zero-order valence-electron chi connectivity index (χ0n) is 8.20. The zero-order chi connectivity index (χ0) is 9.54. The fourth-order valence-corrected chi connectivity index (χ4v) is 2.18. The molecule has 0 atom stereocenters. The first kappa shape index (κ1) is 7.74. The Hall–Kier alpha value is -1.63.